The van der Waals surface area contributed by atoms with Gasteiger partial charge in [-0.25, -0.2) is 17.5 Å². The molecule has 1 aromatic carbocycles. The highest BCUT2D eigenvalue weighted by molar-refractivity contribution is 7.89. The molecule has 140 valence electrons. The zero-order valence-corrected chi connectivity index (χ0v) is 15.9. The molecule has 0 aliphatic carbocycles. The number of aliphatic carboxylic acids is 1. The average Bonchev–Trinajstić information content (AvgIpc) is 2.95. The molecule has 26 heavy (non-hydrogen) atoms. The molecule has 0 aliphatic heterocycles. The number of carboxylic acid groups (broad SMARTS) is 1. The molecule has 10 heteroatoms. The van der Waals surface area contributed by atoms with Crippen LogP contribution in [0, 0.1) is 0 Å². The molecule has 2 rings (SSSR count). The summed E-state index contributed by atoms with van der Waals surface area (Å²) in [4.78, 5) is 24.0. The van der Waals surface area contributed by atoms with E-state index in [0.29, 0.717) is 10.6 Å². The Morgan fingerprint density at radius 3 is 2.31 bits per heavy atom. The van der Waals surface area contributed by atoms with Crippen molar-refractivity contribution in [2.75, 3.05) is 14.1 Å². The van der Waals surface area contributed by atoms with Gasteiger partial charge in [-0.15, -0.1) is 0 Å². The molecular weight excluding hydrogens is 382 g/mol. The molecule has 1 amide bonds. The summed E-state index contributed by atoms with van der Waals surface area (Å²) in [6.07, 6.45) is 1.29. The van der Waals surface area contributed by atoms with Crippen LogP contribution in [0.2, 0.25) is 5.02 Å². The van der Waals surface area contributed by atoms with Gasteiger partial charge in [-0.1, -0.05) is 23.7 Å². The number of hydrogen-bond acceptors (Lipinski definition) is 4. The molecule has 0 aliphatic rings. The van der Waals surface area contributed by atoms with Crippen LogP contribution in [0.1, 0.15) is 22.1 Å². The van der Waals surface area contributed by atoms with E-state index in [4.69, 9.17) is 11.6 Å². The molecular formula is C16H18ClN3O5S. The highest BCUT2D eigenvalue weighted by Crippen LogP contribution is 2.20. The summed E-state index contributed by atoms with van der Waals surface area (Å²) in [6, 6.07) is 5.92. The fraction of sp³-hybridized carbons (Fsp3) is 0.250. The Hall–Kier alpha value is -2.36. The van der Waals surface area contributed by atoms with E-state index in [2.05, 4.69) is 5.32 Å². The smallest absolute Gasteiger partial charge is 0.330 e. The van der Waals surface area contributed by atoms with E-state index in [9.17, 15) is 23.1 Å². The van der Waals surface area contributed by atoms with Crippen molar-refractivity contribution in [3.8, 4) is 0 Å². The summed E-state index contributed by atoms with van der Waals surface area (Å²) in [6.45, 7) is 0. The van der Waals surface area contributed by atoms with E-state index in [-0.39, 0.29) is 10.6 Å². The largest absolute Gasteiger partial charge is 0.479 e. The number of aryl methyl sites for hydroxylation is 1. The van der Waals surface area contributed by atoms with Gasteiger partial charge in [0.25, 0.3) is 5.91 Å². The molecule has 0 bridgehead atoms. The van der Waals surface area contributed by atoms with Crippen LogP contribution in [0.5, 0.6) is 0 Å². The summed E-state index contributed by atoms with van der Waals surface area (Å²) < 4.78 is 26.7. The predicted molar refractivity (Wildman–Crippen MR) is 95.6 cm³/mol. The van der Waals surface area contributed by atoms with Crippen LogP contribution in [0.3, 0.4) is 0 Å². The third-order valence-electron chi connectivity index (χ3n) is 3.72. The van der Waals surface area contributed by atoms with Crippen LogP contribution in [0.4, 0.5) is 0 Å². The number of amides is 1. The average molecular weight is 400 g/mol. The van der Waals surface area contributed by atoms with Gasteiger partial charge in [0.15, 0.2) is 6.04 Å². The van der Waals surface area contributed by atoms with Crippen LogP contribution in [0.15, 0.2) is 41.4 Å². The fourth-order valence-electron chi connectivity index (χ4n) is 2.26. The van der Waals surface area contributed by atoms with Gasteiger partial charge in [0.1, 0.15) is 10.6 Å². The first kappa shape index (κ1) is 20.0. The maximum absolute atomic E-state index is 12.5. The first-order chi connectivity index (χ1) is 12.0. The zero-order valence-electron chi connectivity index (χ0n) is 14.3. The normalized spacial score (nSPS) is 12.8. The van der Waals surface area contributed by atoms with E-state index in [0.717, 1.165) is 4.31 Å². The summed E-state index contributed by atoms with van der Waals surface area (Å²) in [5.41, 5.74) is 0.358. The van der Waals surface area contributed by atoms with Gasteiger partial charge < -0.3 is 15.0 Å². The molecule has 1 unspecified atom stereocenters. The number of carbonyl (C=O) groups excluding carboxylic acids is 1. The molecule has 0 spiro atoms. The van der Waals surface area contributed by atoms with Crippen LogP contribution >= 0.6 is 11.6 Å². The minimum absolute atomic E-state index is 0.0191. The van der Waals surface area contributed by atoms with Crippen molar-refractivity contribution in [2.45, 2.75) is 10.9 Å². The minimum atomic E-state index is -3.71. The Kier molecular flexibility index (Phi) is 5.74. The van der Waals surface area contributed by atoms with Gasteiger partial charge in [0.2, 0.25) is 10.0 Å². The molecule has 0 radical (unpaired) electrons. The van der Waals surface area contributed by atoms with Crippen molar-refractivity contribution in [3.63, 3.8) is 0 Å². The van der Waals surface area contributed by atoms with E-state index < -0.39 is 27.9 Å². The highest BCUT2D eigenvalue weighted by Gasteiger charge is 2.26. The number of hydrogen-bond donors (Lipinski definition) is 2. The molecule has 1 heterocycles. The number of halogens is 1. The van der Waals surface area contributed by atoms with Gasteiger partial charge in [0.05, 0.1) is 0 Å². The SMILES string of the molecule is CN(C)S(=O)(=O)c1cc(C(=O)NC(C(=O)O)c2ccc(Cl)cc2)n(C)c1. The van der Waals surface area contributed by atoms with Crippen LogP contribution in [-0.2, 0) is 21.9 Å². The minimum Gasteiger partial charge on any atom is -0.479 e. The summed E-state index contributed by atoms with van der Waals surface area (Å²) >= 11 is 5.79. The molecule has 2 N–H and O–H groups in total. The van der Waals surface area contributed by atoms with Gasteiger partial charge in [-0.05, 0) is 23.8 Å². The molecule has 0 saturated heterocycles. The lowest BCUT2D eigenvalue weighted by Crippen LogP contribution is -2.34. The molecule has 1 aromatic heterocycles. The lowest BCUT2D eigenvalue weighted by molar-refractivity contribution is -0.139. The Labute approximate surface area is 156 Å². The van der Waals surface area contributed by atoms with E-state index in [1.54, 1.807) is 0 Å². The second-order valence-electron chi connectivity index (χ2n) is 5.76. The summed E-state index contributed by atoms with van der Waals surface area (Å²) in [5.74, 6) is -1.97. The number of benzene rings is 1. The van der Waals surface area contributed by atoms with Gasteiger partial charge in [-0.2, -0.15) is 0 Å². The molecule has 8 nitrogen and oxygen atoms in total. The molecule has 2 aromatic rings. The van der Waals surface area contributed by atoms with E-state index >= 15 is 0 Å². The van der Waals surface area contributed by atoms with Crippen molar-refractivity contribution >= 4 is 33.5 Å². The maximum atomic E-state index is 12.5. The third-order valence-corrected chi connectivity index (χ3v) is 5.75. The van der Waals surface area contributed by atoms with Gasteiger partial charge >= 0.3 is 5.97 Å². The standard InChI is InChI=1S/C16H18ClN3O5S/c1-19(2)26(24,25)12-8-13(20(3)9-12)15(21)18-14(16(22)23)10-4-6-11(17)7-5-10/h4-9,14H,1-3H3,(H,18,21)(H,22,23). The monoisotopic (exact) mass is 399 g/mol. The number of nitrogens with one attached hydrogen (secondary N) is 1. The summed E-state index contributed by atoms with van der Waals surface area (Å²) in [7, 11) is 0.545. The Morgan fingerprint density at radius 2 is 1.81 bits per heavy atom. The first-order valence-electron chi connectivity index (χ1n) is 7.42. The number of nitrogens with zero attached hydrogens (tertiary/aromatic N) is 2. The fourth-order valence-corrected chi connectivity index (χ4v) is 3.36. The lowest BCUT2D eigenvalue weighted by Gasteiger charge is -2.15. The molecule has 1 atom stereocenters. The topological polar surface area (TPSA) is 109 Å². The molecule has 0 saturated carbocycles. The quantitative estimate of drug-likeness (QED) is 0.764. The predicted octanol–water partition coefficient (Wildman–Crippen LogP) is 1.48. The maximum Gasteiger partial charge on any atom is 0.330 e. The Bertz CT molecular complexity index is 935. The van der Waals surface area contributed by atoms with Crippen LogP contribution in [-0.4, -0.2) is 48.4 Å². The second-order valence-corrected chi connectivity index (χ2v) is 8.34. The first-order valence-corrected chi connectivity index (χ1v) is 9.24. The number of rotatable bonds is 6. The number of sulfonamides is 1. The Morgan fingerprint density at radius 1 is 1.23 bits per heavy atom. The second kappa shape index (κ2) is 7.48. The van der Waals surface area contributed by atoms with E-state index in [1.807, 2.05) is 0 Å². The zero-order chi connectivity index (χ0) is 19.6. The lowest BCUT2D eigenvalue weighted by atomic mass is 10.1. The molecule has 0 fully saturated rings. The van der Waals surface area contributed by atoms with Crippen LogP contribution < -0.4 is 5.32 Å². The van der Waals surface area contributed by atoms with E-state index in [1.165, 1.54) is 62.2 Å². The third kappa shape index (κ3) is 4.06. The van der Waals surface area contributed by atoms with Crippen molar-refractivity contribution in [1.82, 2.24) is 14.2 Å². The number of carbonyl (C=O) groups is 2. The highest BCUT2D eigenvalue weighted by atomic mass is 35.5. The Balaban J connectivity index is 2.32. The van der Waals surface area contributed by atoms with Gasteiger partial charge in [0, 0.05) is 32.4 Å². The number of aromatic nitrogens is 1. The summed E-state index contributed by atoms with van der Waals surface area (Å²) in [5, 5.41) is 12.2. The van der Waals surface area contributed by atoms with Crippen LogP contribution in [0.25, 0.3) is 0 Å². The van der Waals surface area contributed by atoms with Crippen molar-refractivity contribution in [3.05, 3.63) is 52.8 Å². The van der Waals surface area contributed by atoms with Crippen molar-refractivity contribution in [1.29, 1.82) is 0 Å². The number of carboxylic acids is 1. The van der Waals surface area contributed by atoms with Crippen molar-refractivity contribution < 1.29 is 23.1 Å². The van der Waals surface area contributed by atoms with Crippen molar-refractivity contribution in [2.24, 2.45) is 7.05 Å². The van der Waals surface area contributed by atoms with Gasteiger partial charge in [-0.3, -0.25) is 4.79 Å².